The second-order valence-corrected chi connectivity index (χ2v) is 12.9. The van der Waals surface area contributed by atoms with E-state index in [1.807, 2.05) is 6.92 Å². The molecule has 5 aliphatic rings. The van der Waals surface area contributed by atoms with E-state index in [4.69, 9.17) is 9.47 Å². The Kier molecular flexibility index (Phi) is 8.65. The molecule has 0 spiro atoms. The summed E-state index contributed by atoms with van der Waals surface area (Å²) in [5, 5.41) is 52.1. The number of aliphatic carboxylic acids is 1. The number of carbonyl (C=O) groups is 1. The van der Waals surface area contributed by atoms with Crippen LogP contribution in [0.3, 0.4) is 0 Å². The number of aliphatic hydroxyl groups is 4. The van der Waals surface area contributed by atoms with E-state index in [1.165, 1.54) is 25.7 Å². The monoisotopic (exact) mass is 518 g/mol. The Labute approximate surface area is 236 Å². The van der Waals surface area contributed by atoms with Crippen molar-refractivity contribution in [3.05, 3.63) is 0 Å². The molecule has 4 saturated carbocycles. The van der Waals surface area contributed by atoms with Crippen molar-refractivity contribution in [2.24, 2.45) is 40.4 Å². The van der Waals surface area contributed by atoms with Crippen molar-refractivity contribution in [2.45, 2.75) is 121 Å². The van der Waals surface area contributed by atoms with Gasteiger partial charge in [0.1, 0.15) is 24.4 Å². The van der Waals surface area contributed by atoms with Crippen LogP contribution in [0.25, 0.3) is 0 Å². The van der Waals surface area contributed by atoms with E-state index in [0.29, 0.717) is 29.6 Å². The number of rotatable bonds is 4. The molecule has 0 amide bonds. The van der Waals surface area contributed by atoms with Crippen molar-refractivity contribution in [2.75, 3.05) is 0 Å². The van der Waals surface area contributed by atoms with Gasteiger partial charge in [0, 0.05) is 0 Å². The summed E-state index contributed by atoms with van der Waals surface area (Å²) in [6.07, 6.45) is 1.24. The molecule has 0 aromatic rings. The minimum Gasteiger partial charge on any atom is -0.547 e. The van der Waals surface area contributed by atoms with E-state index in [1.54, 1.807) is 0 Å². The number of hydrogen-bond acceptors (Lipinski definition) is 8. The molecule has 36 heavy (non-hydrogen) atoms. The molecule has 1 aliphatic heterocycles. The molecular weight excluding hydrogens is 475 g/mol. The summed E-state index contributed by atoms with van der Waals surface area (Å²) in [6, 6.07) is 0. The molecule has 0 aromatic heterocycles. The maximum atomic E-state index is 11.3. The number of carboxylic acids is 1. The zero-order chi connectivity index (χ0) is 25.3. The van der Waals surface area contributed by atoms with Crippen LogP contribution < -0.4 is 34.7 Å². The number of aliphatic hydroxyl groups excluding tert-OH is 4. The first-order valence-corrected chi connectivity index (χ1v) is 13.7. The Morgan fingerprint density at radius 3 is 2.28 bits per heavy atom. The molecule has 4 aliphatic carbocycles. The summed E-state index contributed by atoms with van der Waals surface area (Å²) in [4.78, 5) is 11.3. The smallest absolute Gasteiger partial charge is 0.547 e. The van der Waals surface area contributed by atoms with Crippen molar-refractivity contribution >= 4 is 5.97 Å². The summed E-state index contributed by atoms with van der Waals surface area (Å²) in [5.41, 5.74) is 0.469. The normalized spacial score (nSPS) is 53.4. The summed E-state index contributed by atoms with van der Waals surface area (Å²) in [6.45, 7) is 6.84. The number of carboxylic acid groups (broad SMARTS) is 1. The van der Waals surface area contributed by atoms with Gasteiger partial charge in [-0.2, -0.15) is 0 Å². The molecule has 4 N–H and O–H groups in total. The van der Waals surface area contributed by atoms with Crippen molar-refractivity contribution in [3.8, 4) is 0 Å². The van der Waals surface area contributed by atoms with Crippen LogP contribution in [0.4, 0.5) is 0 Å². The van der Waals surface area contributed by atoms with E-state index in [2.05, 4.69) is 13.8 Å². The standard InChI is InChI=1S/C27H44O8.Na/c1-13(28)17-6-7-18-16-5-4-14-12-15(8-10-26(14,2)19(16)9-11-27(17,18)3)34-25-22(31)20(29)21(30)23(35-25)24(32)33;/h13-23,25,28-31H,4-12H2,1-3H3,(H,32,33);/q;+1/p-1/t13?,14?,15-,16?,17?,18?,19?,20+,21+,22-,23?,25-,26?,27?;/m1./s1. The number of carbonyl (C=O) groups excluding carboxylic acids is 1. The van der Waals surface area contributed by atoms with E-state index in [0.717, 1.165) is 32.1 Å². The summed E-state index contributed by atoms with van der Waals surface area (Å²) in [5.74, 6) is 1.32. The fourth-order valence-corrected chi connectivity index (χ4v) is 9.52. The molecule has 8 nitrogen and oxygen atoms in total. The van der Waals surface area contributed by atoms with E-state index in [-0.39, 0.29) is 52.6 Å². The molecule has 1 heterocycles. The summed E-state index contributed by atoms with van der Waals surface area (Å²) < 4.78 is 11.4. The molecule has 5 rings (SSSR count). The van der Waals surface area contributed by atoms with E-state index >= 15 is 0 Å². The van der Waals surface area contributed by atoms with Crippen LogP contribution in [0.2, 0.25) is 0 Å². The third kappa shape index (κ3) is 4.64. The number of fused-ring (bicyclic) bond motifs is 5. The first-order chi connectivity index (χ1) is 16.5. The van der Waals surface area contributed by atoms with E-state index < -0.39 is 36.7 Å². The molecule has 0 aromatic carbocycles. The molecule has 200 valence electrons. The largest absolute Gasteiger partial charge is 1.00 e. The van der Waals surface area contributed by atoms with Gasteiger partial charge in [0.15, 0.2) is 6.29 Å². The molecule has 5 fully saturated rings. The van der Waals surface area contributed by atoms with Crippen molar-refractivity contribution < 1.29 is 69.4 Å². The van der Waals surface area contributed by atoms with Crippen molar-refractivity contribution in [1.82, 2.24) is 0 Å². The Morgan fingerprint density at radius 1 is 0.944 bits per heavy atom. The summed E-state index contributed by atoms with van der Waals surface area (Å²) in [7, 11) is 0. The van der Waals surface area contributed by atoms with Crippen LogP contribution in [0.1, 0.15) is 78.6 Å². The van der Waals surface area contributed by atoms with Gasteiger partial charge < -0.3 is 39.8 Å². The Morgan fingerprint density at radius 2 is 1.61 bits per heavy atom. The third-order valence-electron chi connectivity index (χ3n) is 11.4. The molecular formula is C27H43NaO8. The first kappa shape index (κ1) is 29.2. The van der Waals surface area contributed by atoms with E-state index in [9.17, 15) is 30.3 Å². The second kappa shape index (κ2) is 10.7. The third-order valence-corrected chi connectivity index (χ3v) is 11.4. The Hall–Kier alpha value is 0.230. The molecule has 1 saturated heterocycles. The van der Waals surface area contributed by atoms with Crippen LogP contribution in [0, 0.1) is 40.4 Å². The predicted octanol–water partition coefficient (Wildman–Crippen LogP) is -2.03. The average Bonchev–Trinajstić information content (AvgIpc) is 3.17. The van der Waals surface area contributed by atoms with Gasteiger partial charge in [-0.1, -0.05) is 13.8 Å². The minimum atomic E-state index is -1.76. The summed E-state index contributed by atoms with van der Waals surface area (Å²) >= 11 is 0. The van der Waals surface area contributed by atoms with Crippen LogP contribution in [-0.4, -0.2) is 69.3 Å². The van der Waals surface area contributed by atoms with Gasteiger partial charge in [0.05, 0.1) is 18.2 Å². The number of ether oxygens (including phenoxy) is 2. The van der Waals surface area contributed by atoms with Crippen LogP contribution >= 0.6 is 0 Å². The fourth-order valence-electron chi connectivity index (χ4n) is 9.52. The maximum absolute atomic E-state index is 11.3. The second-order valence-electron chi connectivity index (χ2n) is 12.9. The molecule has 14 atom stereocenters. The van der Waals surface area contributed by atoms with Gasteiger partial charge in [-0.3, -0.25) is 0 Å². The van der Waals surface area contributed by atoms with Crippen LogP contribution in [0.15, 0.2) is 0 Å². The first-order valence-electron chi connectivity index (χ1n) is 13.7. The molecule has 9 heteroatoms. The van der Waals surface area contributed by atoms with Gasteiger partial charge in [0.2, 0.25) is 0 Å². The quantitative estimate of drug-likeness (QED) is 0.247. The van der Waals surface area contributed by atoms with Gasteiger partial charge in [-0.05, 0) is 105 Å². The predicted molar refractivity (Wildman–Crippen MR) is 123 cm³/mol. The fraction of sp³-hybridized carbons (Fsp3) is 0.963. The minimum absolute atomic E-state index is 0. The van der Waals surface area contributed by atoms with Gasteiger partial charge in [0.25, 0.3) is 0 Å². The van der Waals surface area contributed by atoms with Gasteiger partial charge in [-0.15, -0.1) is 0 Å². The Balaban J connectivity index is 0.00000304. The van der Waals surface area contributed by atoms with Crippen LogP contribution in [0.5, 0.6) is 0 Å². The van der Waals surface area contributed by atoms with Gasteiger partial charge in [-0.25, -0.2) is 0 Å². The zero-order valence-electron chi connectivity index (χ0n) is 22.2. The molecule has 9 unspecified atom stereocenters. The number of hydrogen-bond donors (Lipinski definition) is 4. The van der Waals surface area contributed by atoms with Crippen LogP contribution in [-0.2, 0) is 14.3 Å². The van der Waals surface area contributed by atoms with Gasteiger partial charge >= 0.3 is 29.6 Å². The topological polar surface area (TPSA) is 140 Å². The average molecular weight is 519 g/mol. The SMILES string of the molecule is CC(O)C1CCC2C3CCC4C[C@H](O[C@@H]5OC(C(=O)[O-])[C@@H](O)[C@H](O)[C@H]5O)CCC4(C)C3CCC12C.[Na+]. The van der Waals surface area contributed by atoms with Crippen molar-refractivity contribution in [3.63, 3.8) is 0 Å². The zero-order valence-corrected chi connectivity index (χ0v) is 24.2. The molecule has 0 bridgehead atoms. The van der Waals surface area contributed by atoms with Crippen molar-refractivity contribution in [1.29, 1.82) is 0 Å². The maximum Gasteiger partial charge on any atom is 1.00 e. The Bertz CT molecular complexity index is 811. The molecule has 0 radical (unpaired) electrons.